The minimum atomic E-state index is -3.47. The summed E-state index contributed by atoms with van der Waals surface area (Å²) in [4.78, 5) is 17.2. The van der Waals surface area contributed by atoms with Gasteiger partial charge in [-0.2, -0.15) is 5.10 Å². The molecule has 3 aromatic heterocycles. The van der Waals surface area contributed by atoms with Gasteiger partial charge in [0.2, 0.25) is 0 Å². The van der Waals surface area contributed by atoms with E-state index in [0.717, 1.165) is 29.5 Å². The van der Waals surface area contributed by atoms with Crippen molar-refractivity contribution < 1.29 is 17.9 Å². The molecule has 0 saturated heterocycles. The first-order valence-corrected chi connectivity index (χ1v) is 12.7. The number of sulfone groups is 1. The van der Waals surface area contributed by atoms with E-state index in [1.54, 1.807) is 34.5 Å². The predicted octanol–water partition coefficient (Wildman–Crippen LogP) is 3.19. The first-order chi connectivity index (χ1) is 16.3. The number of aryl methyl sites for hydroxylation is 1. The van der Waals surface area contributed by atoms with Gasteiger partial charge in [0.1, 0.15) is 16.3 Å². The van der Waals surface area contributed by atoms with Crippen LogP contribution in [-0.2, 0) is 9.84 Å². The molecule has 1 saturated carbocycles. The van der Waals surface area contributed by atoms with E-state index in [9.17, 15) is 13.2 Å². The average molecular weight is 480 g/mol. The molecule has 1 aromatic carbocycles. The van der Waals surface area contributed by atoms with Crippen molar-refractivity contribution in [2.75, 3.05) is 12.9 Å². The van der Waals surface area contributed by atoms with Crippen LogP contribution in [0.2, 0.25) is 0 Å². The Morgan fingerprint density at radius 3 is 2.71 bits per heavy atom. The lowest BCUT2D eigenvalue weighted by Gasteiger charge is -2.08. The van der Waals surface area contributed by atoms with Crippen LogP contribution in [0.3, 0.4) is 0 Å². The number of methoxy groups -OCH3 is 1. The number of aromatic nitrogens is 4. The van der Waals surface area contributed by atoms with E-state index in [4.69, 9.17) is 4.74 Å². The largest absolute Gasteiger partial charge is 0.495 e. The molecule has 0 spiro atoms. The van der Waals surface area contributed by atoms with E-state index in [-0.39, 0.29) is 22.3 Å². The number of pyridine rings is 1. The number of fused-ring (bicyclic) bond motifs is 1. The lowest BCUT2D eigenvalue weighted by atomic mass is 10.0. The van der Waals surface area contributed by atoms with Gasteiger partial charge in [0.05, 0.1) is 25.3 Å². The van der Waals surface area contributed by atoms with Crippen LogP contribution in [0.4, 0.5) is 0 Å². The number of amides is 1. The van der Waals surface area contributed by atoms with E-state index in [2.05, 4.69) is 15.4 Å². The van der Waals surface area contributed by atoms with Gasteiger partial charge in [-0.25, -0.2) is 18.1 Å². The Kier molecular flexibility index (Phi) is 5.40. The SMILES string of the molecule is CCS(=O)(=O)c1cn2cc(-n3cc(-c4cc(C(=O)NC5CC5)ccc4C)cn3)nc2cc1OC. The van der Waals surface area contributed by atoms with Crippen molar-refractivity contribution in [3.63, 3.8) is 0 Å². The molecule has 34 heavy (non-hydrogen) atoms. The molecule has 0 bridgehead atoms. The number of hydrogen-bond donors (Lipinski definition) is 1. The molecule has 9 nitrogen and oxygen atoms in total. The van der Waals surface area contributed by atoms with E-state index < -0.39 is 9.84 Å². The van der Waals surface area contributed by atoms with Gasteiger partial charge < -0.3 is 14.5 Å². The topological polar surface area (TPSA) is 108 Å². The third kappa shape index (κ3) is 4.05. The monoisotopic (exact) mass is 479 g/mol. The van der Waals surface area contributed by atoms with Crippen LogP contribution in [0.5, 0.6) is 5.75 Å². The number of rotatable bonds is 7. The second-order valence-electron chi connectivity index (χ2n) is 8.43. The maximum Gasteiger partial charge on any atom is 0.251 e. The minimum absolute atomic E-state index is 0.0317. The van der Waals surface area contributed by atoms with Gasteiger partial charge in [0.25, 0.3) is 5.91 Å². The van der Waals surface area contributed by atoms with Crippen molar-refractivity contribution in [1.29, 1.82) is 0 Å². The van der Waals surface area contributed by atoms with Crippen LogP contribution in [0.1, 0.15) is 35.7 Å². The highest BCUT2D eigenvalue weighted by Gasteiger charge is 2.24. The Bertz CT molecular complexity index is 1520. The van der Waals surface area contributed by atoms with Gasteiger partial charge in [-0.15, -0.1) is 0 Å². The van der Waals surface area contributed by atoms with Gasteiger partial charge in [-0.05, 0) is 43.0 Å². The second kappa shape index (κ2) is 8.28. The molecular formula is C24H25N5O4S. The molecule has 1 fully saturated rings. The summed E-state index contributed by atoms with van der Waals surface area (Å²) in [6.07, 6.45) is 8.87. The Labute approximate surface area is 197 Å². The second-order valence-corrected chi connectivity index (χ2v) is 10.7. The van der Waals surface area contributed by atoms with Gasteiger partial charge in [-0.1, -0.05) is 13.0 Å². The maximum absolute atomic E-state index is 12.5. The molecule has 3 heterocycles. The molecule has 0 atom stereocenters. The highest BCUT2D eigenvalue weighted by atomic mass is 32.2. The van der Waals surface area contributed by atoms with E-state index >= 15 is 0 Å². The molecule has 1 aliphatic carbocycles. The van der Waals surface area contributed by atoms with Gasteiger partial charge in [0.15, 0.2) is 15.7 Å². The fourth-order valence-corrected chi connectivity index (χ4v) is 4.83. The molecule has 4 aromatic rings. The van der Waals surface area contributed by atoms with Crippen LogP contribution in [0.25, 0.3) is 22.6 Å². The maximum atomic E-state index is 12.5. The summed E-state index contributed by atoms with van der Waals surface area (Å²) in [7, 11) is -2.03. The molecule has 0 radical (unpaired) electrons. The van der Waals surface area contributed by atoms with Crippen molar-refractivity contribution in [1.82, 2.24) is 24.5 Å². The quantitative estimate of drug-likeness (QED) is 0.436. The Hall–Kier alpha value is -3.66. The lowest BCUT2D eigenvalue weighted by molar-refractivity contribution is 0.0951. The number of ether oxygens (including phenoxy) is 1. The zero-order valence-electron chi connectivity index (χ0n) is 19.1. The van der Waals surface area contributed by atoms with Gasteiger partial charge >= 0.3 is 0 Å². The number of imidazole rings is 1. The molecular weight excluding hydrogens is 454 g/mol. The standard InChI is InChI=1S/C24H25N5O4S/c1-4-34(31,32)21-13-28-14-23(27-22(28)10-20(21)33-3)29-12-17(11-25-29)19-9-16(6-5-15(19)2)24(30)26-18-7-8-18/h5-6,9-14,18H,4,7-8H2,1-3H3,(H,26,30). The fourth-order valence-electron chi connectivity index (χ4n) is 3.80. The van der Waals surface area contributed by atoms with Crippen molar-refractivity contribution in [2.45, 2.75) is 37.6 Å². The molecule has 0 aliphatic heterocycles. The summed E-state index contributed by atoms with van der Waals surface area (Å²) < 4.78 is 33.5. The third-order valence-electron chi connectivity index (χ3n) is 5.98. The minimum Gasteiger partial charge on any atom is -0.495 e. The van der Waals surface area contributed by atoms with Crippen LogP contribution in [0, 0.1) is 6.92 Å². The smallest absolute Gasteiger partial charge is 0.251 e. The number of carbonyl (C=O) groups excluding carboxylic acids is 1. The summed E-state index contributed by atoms with van der Waals surface area (Å²) in [6, 6.07) is 7.54. The third-order valence-corrected chi connectivity index (χ3v) is 7.72. The van der Waals surface area contributed by atoms with Crippen LogP contribution >= 0.6 is 0 Å². The molecule has 5 rings (SSSR count). The van der Waals surface area contributed by atoms with Crippen molar-refractivity contribution >= 4 is 21.4 Å². The molecule has 10 heteroatoms. The average Bonchev–Trinajstić information content (AvgIpc) is 3.33. The first kappa shape index (κ1) is 22.1. The number of hydrogen-bond acceptors (Lipinski definition) is 6. The zero-order chi connectivity index (χ0) is 24.0. The summed E-state index contributed by atoms with van der Waals surface area (Å²) in [5, 5.41) is 7.47. The summed E-state index contributed by atoms with van der Waals surface area (Å²) in [5.74, 6) is 0.684. The number of nitrogens with zero attached hydrogens (tertiary/aromatic N) is 4. The molecule has 0 unspecified atom stereocenters. The Morgan fingerprint density at radius 1 is 1.21 bits per heavy atom. The summed E-state index contributed by atoms with van der Waals surface area (Å²) in [6.45, 7) is 3.58. The van der Waals surface area contributed by atoms with Crippen molar-refractivity contribution in [3.8, 4) is 22.7 Å². The Morgan fingerprint density at radius 2 is 2.00 bits per heavy atom. The Balaban J connectivity index is 1.50. The molecule has 1 aliphatic rings. The highest BCUT2D eigenvalue weighted by molar-refractivity contribution is 7.91. The van der Waals surface area contributed by atoms with Crippen LogP contribution < -0.4 is 10.1 Å². The van der Waals surface area contributed by atoms with Crippen molar-refractivity contribution in [3.05, 3.63) is 60.2 Å². The molecule has 1 amide bonds. The summed E-state index contributed by atoms with van der Waals surface area (Å²) in [5.41, 5.74) is 3.94. The van der Waals surface area contributed by atoms with Crippen molar-refractivity contribution in [2.24, 2.45) is 0 Å². The number of carbonyl (C=O) groups is 1. The van der Waals surface area contributed by atoms with Crippen LogP contribution in [-0.4, -0.2) is 52.4 Å². The van der Waals surface area contributed by atoms with E-state index in [0.29, 0.717) is 23.1 Å². The number of benzene rings is 1. The normalized spacial score (nSPS) is 13.9. The molecule has 1 N–H and O–H groups in total. The zero-order valence-corrected chi connectivity index (χ0v) is 20.0. The fraction of sp³-hybridized carbons (Fsp3) is 0.292. The van der Waals surface area contributed by atoms with E-state index in [1.165, 1.54) is 13.3 Å². The lowest BCUT2D eigenvalue weighted by Crippen LogP contribution is -2.25. The van der Waals surface area contributed by atoms with Gasteiger partial charge in [-0.3, -0.25) is 4.79 Å². The molecule has 176 valence electrons. The highest BCUT2D eigenvalue weighted by Crippen LogP contribution is 2.29. The van der Waals surface area contributed by atoms with E-state index in [1.807, 2.05) is 31.3 Å². The first-order valence-electron chi connectivity index (χ1n) is 11.1. The predicted molar refractivity (Wildman–Crippen MR) is 127 cm³/mol. The summed E-state index contributed by atoms with van der Waals surface area (Å²) >= 11 is 0. The number of nitrogens with one attached hydrogen (secondary N) is 1. The van der Waals surface area contributed by atoms with Crippen LogP contribution in [0.15, 0.2) is 53.9 Å². The van der Waals surface area contributed by atoms with Gasteiger partial charge in [0, 0.05) is 35.6 Å².